The summed E-state index contributed by atoms with van der Waals surface area (Å²) in [5.74, 6) is -0.463. The van der Waals surface area contributed by atoms with Gasteiger partial charge in [0.25, 0.3) is 17.7 Å². The topological polar surface area (TPSA) is 118 Å². The van der Waals surface area contributed by atoms with Crippen LogP contribution in [0, 0.1) is 0 Å². The fourth-order valence-electron chi connectivity index (χ4n) is 4.65. The molecule has 2 aromatic rings. The van der Waals surface area contributed by atoms with Crippen molar-refractivity contribution in [1.82, 2.24) is 20.1 Å². The summed E-state index contributed by atoms with van der Waals surface area (Å²) in [5.41, 5.74) is 6.79. The van der Waals surface area contributed by atoms with Gasteiger partial charge in [-0.05, 0) is 62.4 Å². The number of carbonyl (C=O) groups excluding carboxylic acids is 3. The monoisotopic (exact) mass is 465 g/mol. The third-order valence-electron chi connectivity index (χ3n) is 6.49. The van der Waals surface area contributed by atoms with Gasteiger partial charge < -0.3 is 25.6 Å². The van der Waals surface area contributed by atoms with E-state index in [-0.39, 0.29) is 29.8 Å². The standard InChI is InChI=1S/C25H31N5O4/c1-34-21-7-2-5-17(15-21)24(32)29-13-4-14-30(25(33)18-6-3-12-27-16-18)23(29)22(31)28-20-10-8-19(26)9-11-20/h2-3,5-7,12,15-16,19-20,23H,4,8-11,13-14,26H2,1H3,(H,28,31). The van der Waals surface area contributed by atoms with Gasteiger partial charge in [-0.25, -0.2) is 0 Å². The zero-order valence-corrected chi connectivity index (χ0v) is 19.4. The molecule has 4 rings (SSSR count). The summed E-state index contributed by atoms with van der Waals surface area (Å²) >= 11 is 0. The molecule has 0 spiro atoms. The lowest BCUT2D eigenvalue weighted by molar-refractivity contribution is -0.133. The molecular weight excluding hydrogens is 434 g/mol. The maximum Gasteiger partial charge on any atom is 0.264 e. The first-order chi connectivity index (χ1) is 16.5. The zero-order valence-electron chi connectivity index (χ0n) is 19.4. The van der Waals surface area contributed by atoms with Gasteiger partial charge in [-0.3, -0.25) is 19.4 Å². The number of pyridine rings is 1. The fourth-order valence-corrected chi connectivity index (χ4v) is 4.65. The van der Waals surface area contributed by atoms with E-state index in [0.717, 1.165) is 25.7 Å². The molecule has 1 aromatic heterocycles. The molecule has 1 unspecified atom stereocenters. The molecule has 2 fully saturated rings. The number of benzene rings is 1. The van der Waals surface area contributed by atoms with E-state index in [4.69, 9.17) is 10.5 Å². The summed E-state index contributed by atoms with van der Waals surface area (Å²) in [6.07, 6.45) is 5.78. The number of hydrogen-bond acceptors (Lipinski definition) is 6. The maximum atomic E-state index is 13.6. The van der Waals surface area contributed by atoms with Crippen LogP contribution in [0.5, 0.6) is 5.75 Å². The quantitative estimate of drug-likeness (QED) is 0.695. The first-order valence-electron chi connectivity index (χ1n) is 11.7. The number of rotatable bonds is 5. The number of nitrogens with zero attached hydrogens (tertiary/aromatic N) is 3. The Morgan fingerprint density at radius 1 is 1.00 bits per heavy atom. The lowest BCUT2D eigenvalue weighted by Crippen LogP contribution is -2.64. The van der Waals surface area contributed by atoms with Crippen LogP contribution >= 0.6 is 0 Å². The van der Waals surface area contributed by atoms with Gasteiger partial charge >= 0.3 is 0 Å². The molecule has 180 valence electrons. The number of ether oxygens (including phenoxy) is 1. The van der Waals surface area contributed by atoms with E-state index in [1.54, 1.807) is 42.6 Å². The lowest BCUT2D eigenvalue weighted by Gasteiger charge is -2.43. The van der Waals surface area contributed by atoms with Crippen molar-refractivity contribution in [3.8, 4) is 5.75 Å². The Kier molecular flexibility index (Phi) is 7.42. The lowest BCUT2D eigenvalue weighted by atomic mass is 9.91. The van der Waals surface area contributed by atoms with Crippen LogP contribution in [0.3, 0.4) is 0 Å². The number of nitrogens with one attached hydrogen (secondary N) is 1. The van der Waals surface area contributed by atoms with Gasteiger partial charge in [-0.15, -0.1) is 0 Å². The Bertz CT molecular complexity index is 1020. The van der Waals surface area contributed by atoms with Crippen molar-refractivity contribution in [1.29, 1.82) is 0 Å². The minimum absolute atomic E-state index is 0.0293. The van der Waals surface area contributed by atoms with Gasteiger partial charge in [0, 0.05) is 43.1 Å². The van der Waals surface area contributed by atoms with Gasteiger partial charge in [-0.1, -0.05) is 6.07 Å². The van der Waals surface area contributed by atoms with Crippen LogP contribution in [0.2, 0.25) is 0 Å². The Morgan fingerprint density at radius 2 is 1.68 bits per heavy atom. The normalized spacial score (nSPS) is 22.7. The smallest absolute Gasteiger partial charge is 0.264 e. The van der Waals surface area contributed by atoms with Gasteiger partial charge in [-0.2, -0.15) is 0 Å². The minimum Gasteiger partial charge on any atom is -0.497 e. The van der Waals surface area contributed by atoms with Crippen LogP contribution < -0.4 is 15.8 Å². The summed E-state index contributed by atoms with van der Waals surface area (Å²) in [4.78, 5) is 47.5. The summed E-state index contributed by atoms with van der Waals surface area (Å²) in [5, 5.41) is 3.08. The Hall–Kier alpha value is -3.46. The van der Waals surface area contributed by atoms with E-state index in [0.29, 0.717) is 36.4 Å². The van der Waals surface area contributed by atoms with E-state index in [1.165, 1.54) is 23.1 Å². The van der Waals surface area contributed by atoms with Gasteiger partial charge in [0.15, 0.2) is 6.17 Å². The predicted octanol–water partition coefficient (Wildman–Crippen LogP) is 1.79. The molecule has 1 atom stereocenters. The highest BCUT2D eigenvalue weighted by Crippen LogP contribution is 2.24. The second kappa shape index (κ2) is 10.6. The van der Waals surface area contributed by atoms with Crippen LogP contribution in [0.4, 0.5) is 0 Å². The molecule has 0 bridgehead atoms. The number of methoxy groups -OCH3 is 1. The van der Waals surface area contributed by atoms with E-state index in [1.807, 2.05) is 0 Å². The average molecular weight is 466 g/mol. The number of carbonyl (C=O) groups is 3. The van der Waals surface area contributed by atoms with Crippen molar-refractivity contribution in [3.63, 3.8) is 0 Å². The highest BCUT2D eigenvalue weighted by atomic mass is 16.5. The second-order valence-electron chi connectivity index (χ2n) is 8.82. The molecule has 1 saturated carbocycles. The van der Waals surface area contributed by atoms with E-state index < -0.39 is 6.17 Å². The van der Waals surface area contributed by atoms with Crippen molar-refractivity contribution in [2.75, 3.05) is 20.2 Å². The molecule has 3 amide bonds. The Labute approximate surface area is 199 Å². The van der Waals surface area contributed by atoms with E-state index in [2.05, 4.69) is 10.3 Å². The number of amides is 3. The highest BCUT2D eigenvalue weighted by molar-refractivity contribution is 6.01. The van der Waals surface area contributed by atoms with Crippen molar-refractivity contribution in [2.45, 2.75) is 50.4 Å². The molecular formula is C25H31N5O4. The SMILES string of the molecule is COc1cccc(C(=O)N2CCCN(C(=O)c3cccnc3)C2C(=O)NC2CCC(N)CC2)c1. The predicted molar refractivity (Wildman–Crippen MR) is 126 cm³/mol. The van der Waals surface area contributed by atoms with Crippen LogP contribution in [-0.2, 0) is 4.79 Å². The van der Waals surface area contributed by atoms with Crippen LogP contribution in [0.25, 0.3) is 0 Å². The second-order valence-corrected chi connectivity index (χ2v) is 8.82. The van der Waals surface area contributed by atoms with Crippen molar-refractivity contribution in [3.05, 3.63) is 59.9 Å². The van der Waals surface area contributed by atoms with Crippen molar-refractivity contribution in [2.24, 2.45) is 5.73 Å². The molecule has 1 aliphatic carbocycles. The molecule has 2 aliphatic rings. The molecule has 9 heteroatoms. The summed E-state index contributed by atoms with van der Waals surface area (Å²) < 4.78 is 5.26. The van der Waals surface area contributed by atoms with Gasteiger partial charge in [0.1, 0.15) is 5.75 Å². The molecule has 3 N–H and O–H groups in total. The maximum absolute atomic E-state index is 13.6. The Balaban J connectivity index is 1.63. The van der Waals surface area contributed by atoms with Crippen LogP contribution in [0.1, 0.15) is 52.8 Å². The highest BCUT2D eigenvalue weighted by Gasteiger charge is 2.41. The van der Waals surface area contributed by atoms with E-state index >= 15 is 0 Å². The Morgan fingerprint density at radius 3 is 2.32 bits per heavy atom. The van der Waals surface area contributed by atoms with Crippen LogP contribution in [-0.4, -0.2) is 71.0 Å². The summed E-state index contributed by atoms with van der Waals surface area (Å²) in [6.45, 7) is 0.726. The van der Waals surface area contributed by atoms with Crippen LogP contribution in [0.15, 0.2) is 48.8 Å². The first-order valence-corrected chi connectivity index (χ1v) is 11.7. The molecule has 1 aliphatic heterocycles. The van der Waals surface area contributed by atoms with Gasteiger partial charge in [0.2, 0.25) is 0 Å². The molecule has 1 saturated heterocycles. The third-order valence-corrected chi connectivity index (χ3v) is 6.49. The number of aromatic nitrogens is 1. The van der Waals surface area contributed by atoms with Gasteiger partial charge in [0.05, 0.1) is 12.7 Å². The molecule has 0 radical (unpaired) electrons. The number of nitrogens with two attached hydrogens (primary N) is 1. The molecule has 34 heavy (non-hydrogen) atoms. The largest absolute Gasteiger partial charge is 0.497 e. The molecule has 2 heterocycles. The molecule has 1 aromatic carbocycles. The molecule has 9 nitrogen and oxygen atoms in total. The fraction of sp³-hybridized carbons (Fsp3) is 0.440. The number of hydrogen-bond donors (Lipinski definition) is 2. The minimum atomic E-state index is -1.06. The van der Waals surface area contributed by atoms with E-state index in [9.17, 15) is 14.4 Å². The summed E-state index contributed by atoms with van der Waals surface area (Å²) in [6, 6.07) is 10.3. The van der Waals surface area contributed by atoms with Crippen molar-refractivity contribution >= 4 is 17.7 Å². The summed E-state index contributed by atoms with van der Waals surface area (Å²) in [7, 11) is 1.53. The third kappa shape index (κ3) is 5.20. The van der Waals surface area contributed by atoms with Crippen molar-refractivity contribution < 1.29 is 19.1 Å². The first kappa shape index (κ1) is 23.7. The zero-order chi connectivity index (χ0) is 24.1. The average Bonchev–Trinajstić information content (AvgIpc) is 2.89.